The summed E-state index contributed by atoms with van der Waals surface area (Å²) in [6, 6.07) is 14.5. The van der Waals surface area contributed by atoms with Gasteiger partial charge in [0.15, 0.2) is 6.04 Å². The van der Waals surface area contributed by atoms with Crippen LogP contribution in [0, 0.1) is 0 Å². The lowest BCUT2D eigenvalue weighted by atomic mass is 10.1. The molecule has 3 rings (SSSR count). The number of methoxy groups -OCH3 is 2. The van der Waals surface area contributed by atoms with Gasteiger partial charge in [0.2, 0.25) is 5.91 Å². The first-order valence-corrected chi connectivity index (χ1v) is 11.9. The maximum atomic E-state index is 13.7. The Hall–Kier alpha value is -3.80. The molecule has 11 heteroatoms. The Labute approximate surface area is 221 Å². The van der Waals surface area contributed by atoms with Crippen molar-refractivity contribution in [3.8, 4) is 0 Å². The van der Waals surface area contributed by atoms with Crippen molar-refractivity contribution in [3.63, 3.8) is 0 Å². The number of carbonyl (C=O) groups excluding carboxylic acids is 4. The first-order chi connectivity index (χ1) is 18.3. The molecule has 2 aromatic carbocycles. The number of benzene rings is 2. The van der Waals surface area contributed by atoms with Crippen molar-refractivity contribution < 1.29 is 42.9 Å². The van der Waals surface area contributed by atoms with Gasteiger partial charge in [-0.2, -0.15) is 0 Å². The van der Waals surface area contributed by atoms with Gasteiger partial charge in [0.1, 0.15) is 31.6 Å². The zero-order valence-corrected chi connectivity index (χ0v) is 21.8. The van der Waals surface area contributed by atoms with Crippen molar-refractivity contribution in [2.75, 3.05) is 48.3 Å². The van der Waals surface area contributed by atoms with E-state index in [2.05, 4.69) is 0 Å². The summed E-state index contributed by atoms with van der Waals surface area (Å²) in [5.41, 5.74) is 0.636. The smallest absolute Gasteiger partial charge is 0.338 e. The molecule has 0 radical (unpaired) electrons. The SMILES string of the molecule is COCO[C@H](COC(=O)c1ccccc1)[C@H]1C(=O)N(C)[C@H](C(=O)OC)[C@@H](OC(=O)c2ccccc2)CN1C. The molecule has 0 N–H and O–H groups in total. The van der Waals surface area contributed by atoms with E-state index in [-0.39, 0.29) is 19.9 Å². The van der Waals surface area contributed by atoms with Crippen molar-refractivity contribution >= 4 is 23.8 Å². The molecule has 0 saturated carbocycles. The zero-order chi connectivity index (χ0) is 27.7. The first-order valence-electron chi connectivity index (χ1n) is 11.9. The first kappa shape index (κ1) is 28.8. The van der Waals surface area contributed by atoms with E-state index in [9.17, 15) is 19.2 Å². The van der Waals surface area contributed by atoms with Crippen LogP contribution in [0.4, 0.5) is 0 Å². The molecule has 1 heterocycles. The number of amides is 1. The van der Waals surface area contributed by atoms with Gasteiger partial charge < -0.3 is 28.6 Å². The fourth-order valence-electron chi connectivity index (χ4n) is 4.24. The van der Waals surface area contributed by atoms with E-state index in [0.29, 0.717) is 11.1 Å². The number of esters is 3. The summed E-state index contributed by atoms with van der Waals surface area (Å²) in [6.45, 7) is -0.469. The van der Waals surface area contributed by atoms with E-state index in [0.717, 1.165) is 0 Å². The molecule has 1 aliphatic heterocycles. The van der Waals surface area contributed by atoms with Crippen LogP contribution >= 0.6 is 0 Å². The molecule has 1 amide bonds. The minimum atomic E-state index is -1.22. The third kappa shape index (κ3) is 6.94. The van der Waals surface area contributed by atoms with Gasteiger partial charge in [0.25, 0.3) is 0 Å². The van der Waals surface area contributed by atoms with Gasteiger partial charge in [0.05, 0.1) is 18.2 Å². The minimum Gasteiger partial charge on any atom is -0.467 e. The molecular weight excluding hydrogens is 496 g/mol. The topological polar surface area (TPSA) is 121 Å². The van der Waals surface area contributed by atoms with Gasteiger partial charge >= 0.3 is 17.9 Å². The molecule has 2 aromatic rings. The second-order valence-corrected chi connectivity index (χ2v) is 8.69. The number of ether oxygens (including phenoxy) is 5. The van der Waals surface area contributed by atoms with Crippen LogP contribution in [0.25, 0.3) is 0 Å². The molecule has 0 aliphatic carbocycles. The summed E-state index contributed by atoms with van der Waals surface area (Å²) in [6.07, 6.45) is -2.03. The second kappa shape index (κ2) is 13.7. The Balaban J connectivity index is 1.87. The van der Waals surface area contributed by atoms with Crippen LogP contribution in [-0.2, 0) is 33.3 Å². The minimum absolute atomic E-state index is 0.0153. The molecule has 4 atom stereocenters. The van der Waals surface area contributed by atoms with Crippen LogP contribution in [0.15, 0.2) is 60.7 Å². The Bertz CT molecular complexity index is 1100. The number of nitrogens with zero attached hydrogens (tertiary/aromatic N) is 2. The standard InChI is InChI=1S/C27H32N2O9/c1-28-15-20(38-26(32)19-13-9-6-10-14-19)23(27(33)35-4)29(2)24(30)22(28)21(37-17-34-3)16-36-25(31)18-11-7-5-8-12-18/h5-14,20-23H,15-17H2,1-4H3/t20-,21+,22-,23-/m0/s1. The Morgan fingerprint density at radius 3 is 2.05 bits per heavy atom. The third-order valence-electron chi connectivity index (χ3n) is 6.16. The number of hydrogen-bond acceptors (Lipinski definition) is 10. The highest BCUT2D eigenvalue weighted by Crippen LogP contribution is 2.23. The number of carbonyl (C=O) groups is 4. The fraction of sp³-hybridized carbons (Fsp3) is 0.407. The monoisotopic (exact) mass is 528 g/mol. The summed E-state index contributed by atoms with van der Waals surface area (Å²) in [5.74, 6) is -2.50. The van der Waals surface area contributed by atoms with Gasteiger partial charge in [-0.3, -0.25) is 9.69 Å². The lowest BCUT2D eigenvalue weighted by molar-refractivity contribution is -0.159. The average molecular weight is 529 g/mol. The molecule has 0 unspecified atom stereocenters. The summed E-state index contributed by atoms with van der Waals surface area (Å²) >= 11 is 0. The Morgan fingerprint density at radius 1 is 0.921 bits per heavy atom. The highest BCUT2D eigenvalue weighted by molar-refractivity contribution is 5.92. The van der Waals surface area contributed by atoms with E-state index in [4.69, 9.17) is 23.7 Å². The number of hydrogen-bond donors (Lipinski definition) is 0. The molecular formula is C27H32N2O9. The van der Waals surface area contributed by atoms with Gasteiger partial charge in [-0.25, -0.2) is 14.4 Å². The van der Waals surface area contributed by atoms with Crippen molar-refractivity contribution in [2.24, 2.45) is 0 Å². The van der Waals surface area contributed by atoms with Crippen LogP contribution in [0.2, 0.25) is 0 Å². The molecule has 1 saturated heterocycles. The van der Waals surface area contributed by atoms with Crippen molar-refractivity contribution in [1.29, 1.82) is 0 Å². The molecule has 1 aliphatic rings. The van der Waals surface area contributed by atoms with Crippen LogP contribution in [0.1, 0.15) is 20.7 Å². The van der Waals surface area contributed by atoms with E-state index in [1.54, 1.807) is 72.6 Å². The van der Waals surface area contributed by atoms with Crippen molar-refractivity contribution in [3.05, 3.63) is 71.8 Å². The van der Waals surface area contributed by atoms with E-state index >= 15 is 0 Å². The largest absolute Gasteiger partial charge is 0.467 e. The number of likely N-dealkylation sites (N-methyl/N-ethyl adjacent to an activating group) is 2. The predicted octanol–water partition coefficient (Wildman–Crippen LogP) is 1.37. The van der Waals surface area contributed by atoms with E-state index in [1.165, 1.54) is 26.2 Å². The molecule has 11 nitrogen and oxygen atoms in total. The third-order valence-corrected chi connectivity index (χ3v) is 6.16. The molecule has 0 spiro atoms. The number of rotatable bonds is 10. The second-order valence-electron chi connectivity index (χ2n) is 8.69. The maximum absolute atomic E-state index is 13.7. The van der Waals surface area contributed by atoms with Crippen LogP contribution in [0.3, 0.4) is 0 Å². The van der Waals surface area contributed by atoms with Gasteiger partial charge in [-0.05, 0) is 31.3 Å². The highest BCUT2D eigenvalue weighted by atomic mass is 16.7. The van der Waals surface area contributed by atoms with E-state index < -0.39 is 48.1 Å². The van der Waals surface area contributed by atoms with Crippen molar-refractivity contribution in [1.82, 2.24) is 9.80 Å². The summed E-state index contributed by atoms with van der Waals surface area (Å²) in [4.78, 5) is 54.6. The summed E-state index contributed by atoms with van der Waals surface area (Å²) in [5, 5.41) is 0. The lowest BCUT2D eigenvalue weighted by Gasteiger charge is -2.32. The van der Waals surface area contributed by atoms with Gasteiger partial charge in [0, 0.05) is 20.7 Å². The molecule has 38 heavy (non-hydrogen) atoms. The highest BCUT2D eigenvalue weighted by Gasteiger charge is 2.48. The molecule has 1 fully saturated rings. The molecule has 0 bridgehead atoms. The zero-order valence-electron chi connectivity index (χ0n) is 21.8. The normalized spacial score (nSPS) is 20.8. The van der Waals surface area contributed by atoms with Crippen molar-refractivity contribution in [2.45, 2.75) is 24.3 Å². The summed E-state index contributed by atoms with van der Waals surface area (Å²) < 4.78 is 26.9. The van der Waals surface area contributed by atoms with E-state index in [1.807, 2.05) is 0 Å². The molecule has 204 valence electrons. The summed E-state index contributed by atoms with van der Waals surface area (Å²) in [7, 11) is 5.66. The molecule has 0 aromatic heterocycles. The average Bonchev–Trinajstić information content (AvgIpc) is 3.02. The van der Waals surface area contributed by atoms with Crippen LogP contribution < -0.4 is 0 Å². The van der Waals surface area contributed by atoms with Gasteiger partial charge in [-0.1, -0.05) is 36.4 Å². The predicted molar refractivity (Wildman–Crippen MR) is 134 cm³/mol. The fourth-order valence-corrected chi connectivity index (χ4v) is 4.24. The lowest BCUT2D eigenvalue weighted by Crippen LogP contribution is -2.55. The Morgan fingerprint density at radius 2 is 1.50 bits per heavy atom. The maximum Gasteiger partial charge on any atom is 0.338 e. The quantitative estimate of drug-likeness (QED) is 0.254. The van der Waals surface area contributed by atoms with Gasteiger partial charge in [-0.15, -0.1) is 0 Å². The Kier molecular flexibility index (Phi) is 10.3. The van der Waals surface area contributed by atoms with Crippen LogP contribution in [-0.4, -0.2) is 106 Å². The van der Waals surface area contributed by atoms with Crippen LogP contribution in [0.5, 0.6) is 0 Å².